The smallest absolute Gasteiger partial charge is 0.390 e. The van der Waals surface area contributed by atoms with E-state index < -0.39 is 46.5 Å². The molecule has 1 aliphatic rings. The highest BCUT2D eigenvalue weighted by molar-refractivity contribution is 7.87. The summed E-state index contributed by atoms with van der Waals surface area (Å²) in [6.45, 7) is 1.67. The van der Waals surface area contributed by atoms with Gasteiger partial charge < -0.3 is 14.6 Å². The molecule has 216 valence electrons. The van der Waals surface area contributed by atoms with Crippen LogP contribution in [0.1, 0.15) is 48.3 Å². The molecule has 2 atom stereocenters. The number of amides is 1. The molecule has 0 radical (unpaired) electrons. The minimum Gasteiger partial charge on any atom is -0.391 e. The van der Waals surface area contributed by atoms with Gasteiger partial charge in [-0.05, 0) is 62.2 Å². The van der Waals surface area contributed by atoms with Crippen LogP contribution in [-0.4, -0.2) is 53.1 Å². The van der Waals surface area contributed by atoms with Gasteiger partial charge >= 0.3 is 16.3 Å². The van der Waals surface area contributed by atoms with E-state index in [-0.39, 0.29) is 16.5 Å². The number of aliphatic hydroxyl groups excluding tert-OH is 1. The molecule has 1 amide bonds. The van der Waals surface area contributed by atoms with Gasteiger partial charge in [-0.1, -0.05) is 36.0 Å². The Morgan fingerprint density at radius 2 is 1.82 bits per heavy atom. The van der Waals surface area contributed by atoms with Gasteiger partial charge in [0.1, 0.15) is 17.3 Å². The van der Waals surface area contributed by atoms with Crippen LogP contribution in [0.2, 0.25) is 10.0 Å². The fourth-order valence-electron chi connectivity index (χ4n) is 4.48. The van der Waals surface area contributed by atoms with Crippen molar-refractivity contribution in [2.24, 2.45) is 0 Å². The summed E-state index contributed by atoms with van der Waals surface area (Å²) in [7, 11) is -4.48. The van der Waals surface area contributed by atoms with Crippen molar-refractivity contribution in [2.45, 2.75) is 57.3 Å². The maximum absolute atomic E-state index is 13.3. The number of hydrogen-bond acceptors (Lipinski definition) is 6. The van der Waals surface area contributed by atoms with Crippen molar-refractivity contribution >= 4 is 39.2 Å². The second-order valence-corrected chi connectivity index (χ2v) is 12.0. The molecule has 1 aliphatic carbocycles. The van der Waals surface area contributed by atoms with Crippen LogP contribution in [0.25, 0.3) is 17.1 Å². The van der Waals surface area contributed by atoms with Gasteiger partial charge in [0.2, 0.25) is 0 Å². The van der Waals surface area contributed by atoms with E-state index in [0.29, 0.717) is 40.6 Å². The van der Waals surface area contributed by atoms with Crippen molar-refractivity contribution in [3.63, 3.8) is 0 Å². The third kappa shape index (κ3) is 7.28. The number of imidazole rings is 1. The van der Waals surface area contributed by atoms with Crippen LogP contribution in [-0.2, 0) is 10.1 Å². The zero-order valence-electron chi connectivity index (χ0n) is 21.2. The molecule has 1 saturated carbocycles. The van der Waals surface area contributed by atoms with Crippen LogP contribution in [0.5, 0.6) is 5.75 Å². The van der Waals surface area contributed by atoms with Crippen molar-refractivity contribution in [3.8, 4) is 22.8 Å². The first-order valence-corrected chi connectivity index (χ1v) is 14.7. The zero-order valence-corrected chi connectivity index (χ0v) is 23.5. The summed E-state index contributed by atoms with van der Waals surface area (Å²) in [5, 5.41) is 13.8. The fourth-order valence-corrected chi connectivity index (χ4v) is 5.94. The van der Waals surface area contributed by atoms with Gasteiger partial charge in [0.25, 0.3) is 5.91 Å². The SMILES string of the molecule is Cc1c(C(=O)N[C@H]2CCCC[C@@H]2O)nc(-c2ccc(Cl)cc2Cl)n1-c1ccc(OS(=O)(=O)CCC(F)(F)F)cc1. The lowest BCUT2D eigenvalue weighted by atomic mass is 9.92. The molecule has 2 N–H and O–H groups in total. The Morgan fingerprint density at radius 1 is 1.15 bits per heavy atom. The van der Waals surface area contributed by atoms with Crippen LogP contribution in [0.3, 0.4) is 0 Å². The monoisotopic (exact) mass is 619 g/mol. The van der Waals surface area contributed by atoms with Gasteiger partial charge in [-0.15, -0.1) is 0 Å². The lowest BCUT2D eigenvalue weighted by Gasteiger charge is -2.28. The summed E-state index contributed by atoms with van der Waals surface area (Å²) in [6.07, 6.45) is -3.86. The van der Waals surface area contributed by atoms with Gasteiger partial charge in [0.15, 0.2) is 0 Å². The molecule has 8 nitrogen and oxygen atoms in total. The minimum atomic E-state index is -4.64. The van der Waals surface area contributed by atoms with Gasteiger partial charge in [-0.2, -0.15) is 21.6 Å². The second kappa shape index (κ2) is 12.0. The Labute approximate surface area is 239 Å². The van der Waals surface area contributed by atoms with Crippen molar-refractivity contribution in [1.82, 2.24) is 14.9 Å². The number of nitrogens with one attached hydrogen (secondary N) is 1. The van der Waals surface area contributed by atoms with Crippen LogP contribution < -0.4 is 9.50 Å². The zero-order chi connectivity index (χ0) is 29.2. The summed E-state index contributed by atoms with van der Waals surface area (Å²) in [5.74, 6) is -1.59. The van der Waals surface area contributed by atoms with Crippen molar-refractivity contribution in [3.05, 3.63) is 63.9 Å². The average Bonchev–Trinajstić information content (AvgIpc) is 3.21. The lowest BCUT2D eigenvalue weighted by molar-refractivity contribution is -0.130. The predicted octanol–water partition coefficient (Wildman–Crippen LogP) is 5.85. The number of halogens is 5. The maximum atomic E-state index is 13.3. The first-order chi connectivity index (χ1) is 18.7. The summed E-state index contributed by atoms with van der Waals surface area (Å²) in [6, 6.07) is 9.87. The number of benzene rings is 2. The van der Waals surface area contributed by atoms with Crippen molar-refractivity contribution in [1.29, 1.82) is 0 Å². The Morgan fingerprint density at radius 3 is 2.45 bits per heavy atom. The lowest BCUT2D eigenvalue weighted by Crippen LogP contribution is -2.45. The normalized spacial score (nSPS) is 18.0. The summed E-state index contributed by atoms with van der Waals surface area (Å²) >= 11 is 12.5. The molecule has 1 fully saturated rings. The molecule has 0 aliphatic heterocycles. The topological polar surface area (TPSA) is 111 Å². The number of aromatic nitrogens is 2. The van der Waals surface area contributed by atoms with Gasteiger partial charge in [-0.25, -0.2) is 4.98 Å². The van der Waals surface area contributed by atoms with E-state index in [0.717, 1.165) is 12.8 Å². The van der Waals surface area contributed by atoms with E-state index in [2.05, 4.69) is 10.3 Å². The summed E-state index contributed by atoms with van der Waals surface area (Å²) in [5.41, 5.74) is 1.42. The molecule has 3 aromatic rings. The van der Waals surface area contributed by atoms with Crippen molar-refractivity contribution in [2.75, 3.05) is 5.75 Å². The van der Waals surface area contributed by atoms with E-state index in [4.69, 9.17) is 27.4 Å². The van der Waals surface area contributed by atoms with Crippen molar-refractivity contribution < 1.29 is 35.7 Å². The third-order valence-corrected chi connectivity index (χ3v) is 8.19. The van der Waals surface area contributed by atoms with E-state index in [1.54, 1.807) is 23.6 Å². The second-order valence-electron chi connectivity index (χ2n) is 9.46. The van der Waals surface area contributed by atoms with Gasteiger partial charge in [0.05, 0.1) is 35.0 Å². The highest BCUT2D eigenvalue weighted by Crippen LogP contribution is 2.34. The van der Waals surface area contributed by atoms with Crippen LogP contribution in [0.15, 0.2) is 42.5 Å². The van der Waals surface area contributed by atoms with Crippen LogP contribution in [0.4, 0.5) is 13.2 Å². The third-order valence-electron chi connectivity index (χ3n) is 6.49. The van der Waals surface area contributed by atoms with Gasteiger partial charge in [-0.3, -0.25) is 9.36 Å². The van der Waals surface area contributed by atoms with E-state index >= 15 is 0 Å². The van der Waals surface area contributed by atoms with E-state index in [1.807, 2.05) is 0 Å². The number of alkyl halides is 3. The molecule has 1 heterocycles. The molecule has 1 aromatic heterocycles. The molecule has 0 bridgehead atoms. The van der Waals surface area contributed by atoms with E-state index in [9.17, 15) is 31.5 Å². The first kappa shape index (κ1) is 30.2. The Kier molecular flexibility index (Phi) is 9.03. The number of rotatable bonds is 8. The molecule has 0 spiro atoms. The number of nitrogens with zero attached hydrogens (tertiary/aromatic N) is 2. The largest absolute Gasteiger partial charge is 0.391 e. The first-order valence-electron chi connectivity index (χ1n) is 12.4. The molecule has 0 unspecified atom stereocenters. The molecule has 40 heavy (non-hydrogen) atoms. The number of carbonyl (C=O) groups excluding carboxylic acids is 1. The quantitative estimate of drug-likeness (QED) is 0.306. The molecular weight excluding hydrogens is 594 g/mol. The molecule has 2 aromatic carbocycles. The Balaban J connectivity index is 1.69. The number of aliphatic hydroxyl groups is 1. The average molecular weight is 620 g/mol. The predicted molar refractivity (Wildman–Crippen MR) is 145 cm³/mol. The number of hydrogen-bond donors (Lipinski definition) is 2. The highest BCUT2D eigenvalue weighted by Gasteiger charge is 2.31. The molecule has 4 rings (SSSR count). The van der Waals surface area contributed by atoms with Gasteiger partial charge in [0, 0.05) is 16.3 Å². The fraction of sp³-hybridized carbons (Fsp3) is 0.385. The summed E-state index contributed by atoms with van der Waals surface area (Å²) in [4.78, 5) is 17.8. The minimum absolute atomic E-state index is 0.0915. The Hall–Kier alpha value is -2.80. The molecular formula is C26H26Cl2F3N3O5S. The van der Waals surface area contributed by atoms with Crippen LogP contribution in [0, 0.1) is 6.92 Å². The Bertz CT molecular complexity index is 1490. The standard InChI is InChI=1S/C26H26Cl2F3N3O5S/c1-15-23(25(36)32-21-4-2-3-5-22(21)35)33-24(19-11-6-16(27)14-20(19)28)34(15)17-7-9-18(10-8-17)39-40(37,38)13-12-26(29,30)31/h6-11,14,21-22,35H,2-5,12-13H2,1H3,(H,32,36)/t21-,22-/m0/s1. The highest BCUT2D eigenvalue weighted by atomic mass is 35.5. The van der Waals surface area contributed by atoms with E-state index in [1.165, 1.54) is 30.3 Å². The number of carbonyl (C=O) groups is 1. The van der Waals surface area contributed by atoms with Crippen LogP contribution >= 0.6 is 23.2 Å². The maximum Gasteiger partial charge on any atom is 0.390 e. The molecule has 0 saturated heterocycles. The molecule has 14 heteroatoms. The summed E-state index contributed by atoms with van der Waals surface area (Å²) < 4.78 is 67.8.